The molecule has 8 heteroatoms. The van der Waals surface area contributed by atoms with E-state index in [1.807, 2.05) is 34.7 Å². The number of hydrogen-bond acceptors (Lipinski definition) is 6. The van der Waals surface area contributed by atoms with Gasteiger partial charge in [-0.1, -0.05) is 24.8 Å². The molecule has 2 aromatic rings. The molecule has 0 spiro atoms. The van der Waals surface area contributed by atoms with Crippen LogP contribution in [-0.2, 0) is 18.3 Å². The largest absolute Gasteiger partial charge is 0.454 e. The number of hydrogen-bond donors (Lipinski definition) is 0. The summed E-state index contributed by atoms with van der Waals surface area (Å²) in [6.07, 6.45) is 2.85. The van der Waals surface area contributed by atoms with E-state index >= 15 is 0 Å². The minimum Gasteiger partial charge on any atom is -0.454 e. The Bertz CT molecular complexity index is 830. The van der Waals surface area contributed by atoms with Crippen LogP contribution >= 0.6 is 11.8 Å². The van der Waals surface area contributed by atoms with Crippen LogP contribution in [0.25, 0.3) is 0 Å². The number of carbonyl (C=O) groups excluding carboxylic acids is 1. The number of fused-ring (bicyclic) bond motifs is 1. The van der Waals surface area contributed by atoms with Gasteiger partial charge in [-0.05, 0) is 36.5 Å². The average molecular weight is 388 g/mol. The van der Waals surface area contributed by atoms with E-state index in [1.165, 1.54) is 11.8 Å². The van der Waals surface area contributed by atoms with Gasteiger partial charge < -0.3 is 18.9 Å². The Labute approximate surface area is 163 Å². The van der Waals surface area contributed by atoms with Gasteiger partial charge in [0, 0.05) is 26.6 Å². The lowest BCUT2D eigenvalue weighted by Crippen LogP contribution is -2.38. The minimum atomic E-state index is 0.187. The number of ether oxygens (including phenoxy) is 2. The first-order valence-corrected chi connectivity index (χ1v) is 10.3. The first-order chi connectivity index (χ1) is 13.1. The summed E-state index contributed by atoms with van der Waals surface area (Å²) in [5.41, 5.74) is 1.09. The molecule has 0 unspecified atom stereocenters. The molecule has 1 saturated heterocycles. The second kappa shape index (κ2) is 7.80. The second-order valence-electron chi connectivity index (χ2n) is 7.17. The third kappa shape index (κ3) is 4.05. The number of nitrogens with zero attached hydrogens (tertiary/aromatic N) is 4. The van der Waals surface area contributed by atoms with E-state index in [4.69, 9.17) is 9.47 Å². The van der Waals surface area contributed by atoms with Gasteiger partial charge in [-0.2, -0.15) is 0 Å². The summed E-state index contributed by atoms with van der Waals surface area (Å²) in [4.78, 5) is 14.4. The second-order valence-corrected chi connectivity index (χ2v) is 8.12. The summed E-state index contributed by atoms with van der Waals surface area (Å²) in [6, 6.07) is 5.91. The smallest absolute Gasteiger partial charge is 0.233 e. The van der Waals surface area contributed by atoms with E-state index in [1.54, 1.807) is 0 Å². The van der Waals surface area contributed by atoms with Crippen LogP contribution in [0.4, 0.5) is 0 Å². The Kier molecular flexibility index (Phi) is 5.24. The van der Waals surface area contributed by atoms with Crippen molar-refractivity contribution in [2.75, 3.05) is 25.6 Å². The molecule has 27 heavy (non-hydrogen) atoms. The van der Waals surface area contributed by atoms with Crippen molar-refractivity contribution in [1.82, 2.24) is 19.7 Å². The molecule has 2 aliphatic rings. The lowest BCUT2D eigenvalue weighted by molar-refractivity contribution is -0.129. The van der Waals surface area contributed by atoms with Crippen molar-refractivity contribution in [3.05, 3.63) is 29.6 Å². The molecular formula is C19H24N4O3S. The molecule has 0 atom stereocenters. The van der Waals surface area contributed by atoms with E-state index in [9.17, 15) is 4.79 Å². The summed E-state index contributed by atoms with van der Waals surface area (Å²) >= 11 is 1.45. The molecule has 2 aliphatic heterocycles. The fourth-order valence-corrected chi connectivity index (χ4v) is 4.17. The molecule has 3 heterocycles. The SMILES string of the molecule is CC1CCN(C(=O)CSc2nnc(Cc3ccc4c(c3)OCO4)n2C)CC1. The van der Waals surface area contributed by atoms with Crippen LogP contribution in [-0.4, -0.2) is 51.2 Å². The number of piperidine rings is 1. The predicted octanol–water partition coefficient (Wildman–Crippen LogP) is 2.49. The molecule has 1 aromatic heterocycles. The van der Waals surface area contributed by atoms with Gasteiger partial charge in [0.1, 0.15) is 5.82 Å². The van der Waals surface area contributed by atoms with Gasteiger partial charge in [-0.25, -0.2) is 0 Å². The van der Waals surface area contributed by atoms with Crippen molar-refractivity contribution >= 4 is 17.7 Å². The maximum atomic E-state index is 12.4. The normalized spacial score (nSPS) is 16.7. The summed E-state index contributed by atoms with van der Waals surface area (Å²) in [6.45, 7) is 4.26. The highest BCUT2D eigenvalue weighted by Gasteiger charge is 2.21. The van der Waals surface area contributed by atoms with Crippen molar-refractivity contribution in [2.45, 2.75) is 31.3 Å². The Morgan fingerprint density at radius 1 is 1.22 bits per heavy atom. The van der Waals surface area contributed by atoms with E-state index in [2.05, 4.69) is 17.1 Å². The van der Waals surface area contributed by atoms with Crippen LogP contribution in [0.3, 0.4) is 0 Å². The van der Waals surface area contributed by atoms with Crippen molar-refractivity contribution in [2.24, 2.45) is 13.0 Å². The lowest BCUT2D eigenvalue weighted by atomic mass is 9.99. The van der Waals surface area contributed by atoms with Crippen LogP contribution < -0.4 is 9.47 Å². The van der Waals surface area contributed by atoms with Crippen LogP contribution in [0.15, 0.2) is 23.4 Å². The molecule has 0 radical (unpaired) electrons. The first kappa shape index (κ1) is 18.2. The van der Waals surface area contributed by atoms with Crippen molar-refractivity contribution in [1.29, 1.82) is 0 Å². The summed E-state index contributed by atoms with van der Waals surface area (Å²) < 4.78 is 12.7. The van der Waals surface area contributed by atoms with Gasteiger partial charge in [-0.15, -0.1) is 10.2 Å². The van der Waals surface area contributed by atoms with E-state index in [0.29, 0.717) is 12.2 Å². The van der Waals surface area contributed by atoms with Gasteiger partial charge in [0.15, 0.2) is 16.7 Å². The Morgan fingerprint density at radius 2 is 2.00 bits per heavy atom. The Balaban J connectivity index is 1.35. The molecule has 0 bridgehead atoms. The molecule has 144 valence electrons. The van der Waals surface area contributed by atoms with Crippen LogP contribution in [0.2, 0.25) is 0 Å². The molecule has 0 saturated carbocycles. The van der Waals surface area contributed by atoms with E-state index in [0.717, 1.165) is 59.9 Å². The monoisotopic (exact) mass is 388 g/mol. The van der Waals surface area contributed by atoms with Gasteiger partial charge in [0.05, 0.1) is 5.75 Å². The zero-order chi connectivity index (χ0) is 18.8. The van der Waals surface area contributed by atoms with Gasteiger partial charge in [-0.3, -0.25) is 4.79 Å². The Hall–Kier alpha value is -2.22. The third-order valence-electron chi connectivity index (χ3n) is 5.19. The van der Waals surface area contributed by atoms with Gasteiger partial charge >= 0.3 is 0 Å². The first-order valence-electron chi connectivity index (χ1n) is 9.27. The fraction of sp³-hybridized carbons (Fsp3) is 0.526. The number of likely N-dealkylation sites (tertiary alicyclic amines) is 1. The third-order valence-corrected chi connectivity index (χ3v) is 6.19. The molecule has 7 nitrogen and oxygen atoms in total. The number of aromatic nitrogens is 3. The predicted molar refractivity (Wildman–Crippen MR) is 102 cm³/mol. The van der Waals surface area contributed by atoms with E-state index < -0.39 is 0 Å². The lowest BCUT2D eigenvalue weighted by Gasteiger charge is -2.30. The standard InChI is InChI=1S/C19H24N4O3S/c1-13-5-7-23(8-6-13)18(24)11-27-19-21-20-17(22(19)2)10-14-3-4-15-16(9-14)26-12-25-15/h3-4,9,13H,5-8,10-12H2,1-2H3. The maximum Gasteiger partial charge on any atom is 0.233 e. The molecule has 1 fully saturated rings. The molecule has 0 aliphatic carbocycles. The molecule has 1 amide bonds. The number of benzene rings is 1. The van der Waals surface area contributed by atoms with Crippen LogP contribution in [0.5, 0.6) is 11.5 Å². The van der Waals surface area contributed by atoms with Crippen LogP contribution in [0, 0.1) is 5.92 Å². The minimum absolute atomic E-state index is 0.187. The molecule has 0 N–H and O–H groups in total. The molecular weight excluding hydrogens is 364 g/mol. The highest BCUT2D eigenvalue weighted by molar-refractivity contribution is 7.99. The number of carbonyl (C=O) groups is 1. The van der Waals surface area contributed by atoms with Gasteiger partial charge in [0.2, 0.25) is 12.7 Å². The zero-order valence-corrected chi connectivity index (χ0v) is 16.5. The summed E-state index contributed by atoms with van der Waals surface area (Å²) in [7, 11) is 1.94. The summed E-state index contributed by atoms with van der Waals surface area (Å²) in [5.74, 6) is 3.72. The van der Waals surface area contributed by atoms with Crippen LogP contribution in [0.1, 0.15) is 31.2 Å². The van der Waals surface area contributed by atoms with Crippen molar-refractivity contribution < 1.29 is 14.3 Å². The van der Waals surface area contributed by atoms with Crippen molar-refractivity contribution in [3.63, 3.8) is 0 Å². The zero-order valence-electron chi connectivity index (χ0n) is 15.7. The number of thioether (sulfide) groups is 1. The quantitative estimate of drug-likeness (QED) is 0.733. The van der Waals surface area contributed by atoms with E-state index in [-0.39, 0.29) is 12.7 Å². The topological polar surface area (TPSA) is 69.5 Å². The number of rotatable bonds is 5. The average Bonchev–Trinajstić information content (AvgIpc) is 3.27. The molecule has 4 rings (SSSR count). The van der Waals surface area contributed by atoms with Gasteiger partial charge in [0.25, 0.3) is 0 Å². The highest BCUT2D eigenvalue weighted by Crippen LogP contribution is 2.33. The Morgan fingerprint density at radius 3 is 2.81 bits per heavy atom. The number of amides is 1. The highest BCUT2D eigenvalue weighted by atomic mass is 32.2. The fourth-order valence-electron chi connectivity index (χ4n) is 3.33. The maximum absolute atomic E-state index is 12.4. The molecule has 1 aromatic carbocycles. The summed E-state index contributed by atoms with van der Waals surface area (Å²) in [5, 5.41) is 9.33. The van der Waals surface area contributed by atoms with Crippen molar-refractivity contribution in [3.8, 4) is 11.5 Å².